The van der Waals surface area contributed by atoms with E-state index in [4.69, 9.17) is 14.2 Å². The lowest BCUT2D eigenvalue weighted by atomic mass is 10.1. The van der Waals surface area contributed by atoms with Crippen LogP contribution in [0.15, 0.2) is 42.7 Å². The first-order chi connectivity index (χ1) is 13.5. The van der Waals surface area contributed by atoms with Crippen LogP contribution in [-0.4, -0.2) is 46.8 Å². The van der Waals surface area contributed by atoms with E-state index in [0.29, 0.717) is 11.6 Å². The van der Waals surface area contributed by atoms with Gasteiger partial charge in [-0.25, -0.2) is 4.98 Å². The van der Waals surface area contributed by atoms with E-state index in [2.05, 4.69) is 20.3 Å². The van der Waals surface area contributed by atoms with Crippen molar-refractivity contribution in [3.05, 3.63) is 59.8 Å². The van der Waals surface area contributed by atoms with Gasteiger partial charge in [0.25, 0.3) is 5.91 Å². The molecule has 0 aliphatic carbocycles. The lowest BCUT2D eigenvalue weighted by molar-refractivity contribution is 0.0934. The number of hydrogen-bond donors (Lipinski definition) is 1. The number of imidazole rings is 1. The summed E-state index contributed by atoms with van der Waals surface area (Å²) < 4.78 is 17.3. The number of nitrogens with zero attached hydrogens (tertiary/aromatic N) is 4. The number of ether oxygens (including phenoxy) is 3. The number of methoxy groups -OCH3 is 3. The van der Waals surface area contributed by atoms with Gasteiger partial charge in [-0.2, -0.15) is 9.97 Å². The van der Waals surface area contributed by atoms with E-state index < -0.39 is 11.9 Å². The molecular formula is C19H21N5O4. The first kappa shape index (κ1) is 19.2. The van der Waals surface area contributed by atoms with E-state index >= 15 is 0 Å². The highest BCUT2D eigenvalue weighted by molar-refractivity contribution is 5.93. The molecule has 146 valence electrons. The van der Waals surface area contributed by atoms with Gasteiger partial charge in [0.2, 0.25) is 5.88 Å². The van der Waals surface area contributed by atoms with Crippen LogP contribution in [0.5, 0.6) is 17.6 Å². The number of aryl methyl sites for hydroxylation is 1. The second-order valence-corrected chi connectivity index (χ2v) is 5.86. The molecule has 0 aliphatic heterocycles. The second-order valence-electron chi connectivity index (χ2n) is 5.86. The van der Waals surface area contributed by atoms with Crippen molar-refractivity contribution in [2.45, 2.75) is 6.04 Å². The van der Waals surface area contributed by atoms with Crippen LogP contribution in [0, 0.1) is 0 Å². The second kappa shape index (κ2) is 8.38. The number of carbonyl (C=O) groups excluding carboxylic acids is 1. The maximum Gasteiger partial charge on any atom is 0.320 e. The van der Waals surface area contributed by atoms with Crippen LogP contribution >= 0.6 is 0 Å². The third kappa shape index (κ3) is 4.03. The first-order valence-electron chi connectivity index (χ1n) is 8.44. The van der Waals surface area contributed by atoms with Crippen LogP contribution in [0.2, 0.25) is 0 Å². The summed E-state index contributed by atoms with van der Waals surface area (Å²) in [5.74, 6) is 1.15. The van der Waals surface area contributed by atoms with Gasteiger partial charge in [-0.1, -0.05) is 12.1 Å². The van der Waals surface area contributed by atoms with E-state index in [1.807, 2.05) is 42.1 Å². The van der Waals surface area contributed by atoms with Crippen LogP contribution < -0.4 is 19.5 Å². The van der Waals surface area contributed by atoms with Crippen molar-refractivity contribution in [2.24, 2.45) is 7.05 Å². The molecule has 1 N–H and O–H groups in total. The Morgan fingerprint density at radius 3 is 2.57 bits per heavy atom. The quantitative estimate of drug-likeness (QED) is 0.663. The minimum absolute atomic E-state index is 0.0411. The summed E-state index contributed by atoms with van der Waals surface area (Å²) in [5, 5.41) is 2.97. The van der Waals surface area contributed by atoms with Crippen LogP contribution in [0.1, 0.15) is 27.9 Å². The molecule has 3 rings (SSSR count). The summed E-state index contributed by atoms with van der Waals surface area (Å²) in [5.41, 5.74) is 0.931. The van der Waals surface area contributed by atoms with Gasteiger partial charge in [-0.15, -0.1) is 0 Å². The summed E-state index contributed by atoms with van der Waals surface area (Å²) in [6, 6.07) is 8.39. The fourth-order valence-corrected chi connectivity index (χ4v) is 2.69. The minimum Gasteiger partial charge on any atom is -0.497 e. The average molecular weight is 383 g/mol. The van der Waals surface area contributed by atoms with E-state index in [0.717, 1.165) is 5.56 Å². The number of amides is 1. The number of carbonyl (C=O) groups is 1. The molecule has 2 aromatic heterocycles. The fraction of sp³-hybridized carbons (Fsp3) is 0.263. The summed E-state index contributed by atoms with van der Waals surface area (Å²) in [6.07, 6.45) is 3.48. The van der Waals surface area contributed by atoms with Gasteiger partial charge in [-0.05, 0) is 17.7 Å². The van der Waals surface area contributed by atoms with Crippen LogP contribution in [0.25, 0.3) is 0 Å². The van der Waals surface area contributed by atoms with E-state index in [1.54, 1.807) is 13.3 Å². The highest BCUT2D eigenvalue weighted by Crippen LogP contribution is 2.25. The molecule has 1 unspecified atom stereocenters. The van der Waals surface area contributed by atoms with Gasteiger partial charge in [0.05, 0.1) is 21.3 Å². The zero-order chi connectivity index (χ0) is 20.1. The number of hydrogen-bond acceptors (Lipinski definition) is 7. The van der Waals surface area contributed by atoms with Crippen molar-refractivity contribution < 1.29 is 19.0 Å². The van der Waals surface area contributed by atoms with Crippen LogP contribution in [-0.2, 0) is 7.05 Å². The summed E-state index contributed by atoms with van der Waals surface area (Å²) in [4.78, 5) is 25.4. The van der Waals surface area contributed by atoms with Gasteiger partial charge in [-0.3, -0.25) is 4.79 Å². The molecule has 0 saturated heterocycles. The standard InChI is InChI=1S/C19H21N5O4/c1-24-9-8-20-17(24)16(12-6-5-7-13(10-12)26-2)23-18(25)14-11-15(27-3)22-19(21-14)28-4/h5-11,16H,1-4H3,(H,23,25). The molecule has 0 fully saturated rings. The van der Waals surface area contributed by atoms with Crippen LogP contribution in [0.4, 0.5) is 0 Å². The molecule has 0 aliphatic rings. The Morgan fingerprint density at radius 1 is 1.11 bits per heavy atom. The Hall–Kier alpha value is -3.62. The lowest BCUT2D eigenvalue weighted by Crippen LogP contribution is -2.31. The zero-order valence-electron chi connectivity index (χ0n) is 16.0. The Morgan fingerprint density at radius 2 is 1.93 bits per heavy atom. The largest absolute Gasteiger partial charge is 0.497 e. The van der Waals surface area contributed by atoms with Crippen molar-refractivity contribution in [1.29, 1.82) is 0 Å². The summed E-state index contributed by atoms with van der Waals surface area (Å²) in [6.45, 7) is 0. The maximum atomic E-state index is 12.9. The van der Waals surface area contributed by atoms with Gasteiger partial charge >= 0.3 is 6.01 Å². The highest BCUT2D eigenvalue weighted by atomic mass is 16.5. The third-order valence-electron chi connectivity index (χ3n) is 4.13. The lowest BCUT2D eigenvalue weighted by Gasteiger charge is -2.19. The molecular weight excluding hydrogens is 362 g/mol. The Balaban J connectivity index is 1.98. The van der Waals surface area contributed by atoms with Crippen molar-refractivity contribution in [2.75, 3.05) is 21.3 Å². The summed E-state index contributed by atoms with van der Waals surface area (Å²) >= 11 is 0. The van der Waals surface area contributed by atoms with Crippen molar-refractivity contribution in [3.63, 3.8) is 0 Å². The van der Waals surface area contributed by atoms with Crippen molar-refractivity contribution in [1.82, 2.24) is 24.8 Å². The molecule has 0 bridgehead atoms. The molecule has 3 aromatic rings. The molecule has 1 amide bonds. The molecule has 9 heteroatoms. The van der Waals surface area contributed by atoms with Crippen molar-refractivity contribution >= 4 is 5.91 Å². The number of aromatic nitrogens is 4. The van der Waals surface area contributed by atoms with Gasteiger partial charge in [0.15, 0.2) is 0 Å². The highest BCUT2D eigenvalue weighted by Gasteiger charge is 2.23. The fourth-order valence-electron chi connectivity index (χ4n) is 2.69. The van der Waals surface area contributed by atoms with Gasteiger partial charge in [0.1, 0.15) is 23.3 Å². The summed E-state index contributed by atoms with van der Waals surface area (Å²) in [7, 11) is 6.32. The molecule has 9 nitrogen and oxygen atoms in total. The van der Waals surface area contributed by atoms with Crippen LogP contribution in [0.3, 0.4) is 0 Å². The normalized spacial score (nSPS) is 11.6. The predicted molar refractivity (Wildman–Crippen MR) is 101 cm³/mol. The Kier molecular flexibility index (Phi) is 5.73. The Labute approximate surface area is 162 Å². The zero-order valence-corrected chi connectivity index (χ0v) is 16.0. The molecule has 1 aromatic carbocycles. The molecule has 0 saturated carbocycles. The monoisotopic (exact) mass is 383 g/mol. The van der Waals surface area contributed by atoms with Crippen molar-refractivity contribution in [3.8, 4) is 17.6 Å². The molecule has 0 radical (unpaired) electrons. The van der Waals surface area contributed by atoms with Gasteiger partial charge < -0.3 is 24.1 Å². The smallest absolute Gasteiger partial charge is 0.320 e. The number of nitrogens with one attached hydrogen (secondary N) is 1. The van der Waals surface area contributed by atoms with E-state index in [9.17, 15) is 4.79 Å². The first-order valence-corrected chi connectivity index (χ1v) is 8.44. The third-order valence-corrected chi connectivity index (χ3v) is 4.13. The molecule has 2 heterocycles. The maximum absolute atomic E-state index is 12.9. The molecule has 1 atom stereocenters. The average Bonchev–Trinajstić information content (AvgIpc) is 3.16. The van der Waals surface area contributed by atoms with E-state index in [-0.39, 0.29) is 17.6 Å². The predicted octanol–water partition coefficient (Wildman–Crippen LogP) is 1.76. The SMILES string of the molecule is COc1cccc(C(NC(=O)c2cc(OC)nc(OC)n2)c2nccn2C)c1. The number of rotatable bonds is 7. The van der Waals surface area contributed by atoms with E-state index in [1.165, 1.54) is 20.3 Å². The molecule has 28 heavy (non-hydrogen) atoms. The topological polar surface area (TPSA) is 100 Å². The Bertz CT molecular complexity index is 950. The van der Waals surface area contributed by atoms with Gasteiger partial charge in [0, 0.05) is 25.5 Å². The minimum atomic E-state index is -0.519. The molecule has 0 spiro atoms. The number of benzene rings is 1.